The minimum atomic E-state index is 0. The highest BCUT2D eigenvalue weighted by molar-refractivity contribution is 14.0. The number of aromatic nitrogens is 3. The van der Waals surface area contributed by atoms with Crippen LogP contribution in [0.2, 0.25) is 0 Å². The number of aromatic hydroxyl groups is 1. The quantitative estimate of drug-likeness (QED) is 0.374. The Labute approximate surface area is 189 Å². The molecule has 1 aromatic heterocycles. The lowest BCUT2D eigenvalue weighted by atomic mass is 10.2. The number of benzene rings is 1. The molecule has 1 saturated heterocycles. The minimum Gasteiger partial charge on any atom is -0.506 e. The molecule has 9 heteroatoms. The van der Waals surface area contributed by atoms with Gasteiger partial charge in [-0.05, 0) is 25.0 Å². The van der Waals surface area contributed by atoms with E-state index in [2.05, 4.69) is 34.9 Å². The average Bonchev–Trinajstić information content (AvgIpc) is 2.95. The Morgan fingerprint density at radius 1 is 1.07 bits per heavy atom. The number of hydrogen-bond acceptors (Lipinski definition) is 5. The Morgan fingerprint density at radius 3 is 2.62 bits per heavy atom. The van der Waals surface area contributed by atoms with E-state index < -0.39 is 0 Å². The molecule has 2 aliphatic heterocycles. The number of phenols is 1. The second-order valence-corrected chi connectivity index (χ2v) is 7.36. The predicted octanol–water partition coefficient (Wildman–Crippen LogP) is 2.23. The number of guanidine groups is 1. The molecule has 0 saturated carbocycles. The van der Waals surface area contributed by atoms with Crippen LogP contribution >= 0.6 is 24.0 Å². The number of anilines is 1. The molecule has 0 bridgehead atoms. The third-order valence-electron chi connectivity index (χ3n) is 5.60. The number of nitrogens with one attached hydrogen (secondary N) is 1. The van der Waals surface area contributed by atoms with Crippen LogP contribution < -0.4 is 10.2 Å². The Balaban J connectivity index is 0.00000240. The monoisotopic (exact) mass is 511 g/mol. The van der Waals surface area contributed by atoms with Crippen molar-refractivity contribution in [2.24, 2.45) is 4.99 Å². The molecule has 1 aromatic carbocycles. The van der Waals surface area contributed by atoms with Crippen molar-refractivity contribution in [1.29, 1.82) is 0 Å². The zero-order valence-electron chi connectivity index (χ0n) is 16.9. The summed E-state index contributed by atoms with van der Waals surface area (Å²) in [4.78, 5) is 8.94. The van der Waals surface area contributed by atoms with Gasteiger partial charge in [0.25, 0.3) is 0 Å². The van der Waals surface area contributed by atoms with E-state index in [1.54, 1.807) is 6.07 Å². The zero-order chi connectivity index (χ0) is 19.3. The summed E-state index contributed by atoms with van der Waals surface area (Å²) in [5.41, 5.74) is 0.899. The van der Waals surface area contributed by atoms with Crippen molar-refractivity contribution in [3.05, 3.63) is 35.9 Å². The van der Waals surface area contributed by atoms with E-state index in [-0.39, 0.29) is 24.0 Å². The number of rotatable bonds is 3. The average molecular weight is 511 g/mol. The first-order valence-corrected chi connectivity index (χ1v) is 10.2. The number of phenolic OH excluding ortho intramolecular Hbond substituents is 1. The Morgan fingerprint density at radius 2 is 1.86 bits per heavy atom. The van der Waals surface area contributed by atoms with Crippen LogP contribution in [-0.2, 0) is 19.5 Å². The topological polar surface area (TPSA) is 81.8 Å². The maximum Gasteiger partial charge on any atom is 0.194 e. The van der Waals surface area contributed by atoms with E-state index >= 15 is 0 Å². The number of hydrogen-bond donors (Lipinski definition) is 2. The second kappa shape index (κ2) is 10.1. The van der Waals surface area contributed by atoms with Crippen LogP contribution in [0.1, 0.15) is 30.9 Å². The highest BCUT2D eigenvalue weighted by Crippen LogP contribution is 2.27. The molecule has 0 unspecified atom stereocenters. The van der Waals surface area contributed by atoms with E-state index in [9.17, 15) is 5.11 Å². The number of halogens is 1. The van der Waals surface area contributed by atoms with Gasteiger partial charge in [-0.3, -0.25) is 4.99 Å². The maximum absolute atomic E-state index is 10.1. The number of piperazine rings is 1. The highest BCUT2D eigenvalue weighted by Gasteiger charge is 2.22. The summed E-state index contributed by atoms with van der Waals surface area (Å²) < 4.78 is 2.27. The molecule has 0 aliphatic carbocycles. The van der Waals surface area contributed by atoms with Crippen molar-refractivity contribution in [3.8, 4) is 5.75 Å². The van der Waals surface area contributed by atoms with Crippen LogP contribution in [0.4, 0.5) is 5.69 Å². The van der Waals surface area contributed by atoms with Gasteiger partial charge in [-0.1, -0.05) is 18.6 Å². The zero-order valence-corrected chi connectivity index (χ0v) is 19.2. The lowest BCUT2D eigenvalue weighted by Gasteiger charge is -2.37. The first-order chi connectivity index (χ1) is 13.8. The number of aryl methyl sites for hydroxylation is 1. The van der Waals surface area contributed by atoms with Gasteiger partial charge in [0.1, 0.15) is 11.6 Å². The smallest absolute Gasteiger partial charge is 0.194 e. The fraction of sp³-hybridized carbons (Fsp3) is 0.550. The van der Waals surface area contributed by atoms with Crippen LogP contribution in [0.5, 0.6) is 5.75 Å². The maximum atomic E-state index is 10.1. The van der Waals surface area contributed by atoms with Gasteiger partial charge in [-0.2, -0.15) is 0 Å². The molecule has 0 radical (unpaired) electrons. The van der Waals surface area contributed by atoms with Gasteiger partial charge < -0.3 is 24.8 Å². The van der Waals surface area contributed by atoms with E-state index in [0.29, 0.717) is 12.3 Å². The summed E-state index contributed by atoms with van der Waals surface area (Å²) in [6.07, 6.45) is 4.69. The Hall–Kier alpha value is -2.04. The third kappa shape index (κ3) is 4.93. The van der Waals surface area contributed by atoms with E-state index in [4.69, 9.17) is 0 Å². The molecular weight excluding hydrogens is 481 g/mol. The summed E-state index contributed by atoms with van der Waals surface area (Å²) in [6, 6.07) is 7.52. The summed E-state index contributed by atoms with van der Waals surface area (Å²) in [7, 11) is 1.82. The molecule has 4 rings (SSSR count). The van der Waals surface area contributed by atoms with Crippen LogP contribution in [0.15, 0.2) is 29.3 Å². The summed E-state index contributed by atoms with van der Waals surface area (Å²) in [6.45, 7) is 5.05. The van der Waals surface area contributed by atoms with E-state index in [1.807, 2.05) is 25.2 Å². The van der Waals surface area contributed by atoms with Crippen LogP contribution in [0, 0.1) is 0 Å². The van der Waals surface area contributed by atoms with Crippen LogP contribution in [-0.4, -0.2) is 64.0 Å². The molecule has 0 spiro atoms. The largest absolute Gasteiger partial charge is 0.506 e. The van der Waals surface area contributed by atoms with Crippen molar-refractivity contribution in [1.82, 2.24) is 25.0 Å². The van der Waals surface area contributed by atoms with Gasteiger partial charge in [0.15, 0.2) is 11.8 Å². The number of aliphatic imine (C=N–C) groups is 1. The van der Waals surface area contributed by atoms with Crippen molar-refractivity contribution < 1.29 is 5.11 Å². The molecule has 2 N–H and O–H groups in total. The standard InChI is InChI=1S/C20H29N7O.HI/c1-21-20(22-15-19-24-23-18-9-3-2-6-10-27(18)19)26-13-11-25(12-14-26)16-7-4-5-8-17(16)28;/h4-5,7-8,28H,2-3,6,9-15H2,1H3,(H,21,22);1H. The Kier molecular flexibility index (Phi) is 7.57. The van der Waals surface area contributed by atoms with Crippen molar-refractivity contribution in [2.75, 3.05) is 38.1 Å². The molecule has 158 valence electrons. The first-order valence-electron chi connectivity index (χ1n) is 10.2. The molecule has 29 heavy (non-hydrogen) atoms. The molecule has 0 atom stereocenters. The molecule has 2 aromatic rings. The number of para-hydroxylation sites is 2. The minimum absolute atomic E-state index is 0. The van der Waals surface area contributed by atoms with Gasteiger partial charge in [0.05, 0.1) is 12.2 Å². The SMILES string of the molecule is CN=C(NCc1nnc2n1CCCCC2)N1CCN(c2ccccc2O)CC1.I. The predicted molar refractivity (Wildman–Crippen MR) is 125 cm³/mol. The normalized spacial score (nSPS) is 17.3. The summed E-state index contributed by atoms with van der Waals surface area (Å²) >= 11 is 0. The highest BCUT2D eigenvalue weighted by atomic mass is 127. The number of nitrogens with zero attached hydrogens (tertiary/aromatic N) is 6. The van der Waals surface area contributed by atoms with E-state index in [0.717, 1.165) is 62.4 Å². The van der Waals surface area contributed by atoms with E-state index in [1.165, 1.54) is 19.3 Å². The molecule has 2 aliphatic rings. The van der Waals surface area contributed by atoms with Gasteiger partial charge in [-0.25, -0.2) is 0 Å². The lowest BCUT2D eigenvalue weighted by molar-refractivity contribution is 0.369. The lowest BCUT2D eigenvalue weighted by Crippen LogP contribution is -2.52. The third-order valence-corrected chi connectivity index (χ3v) is 5.60. The molecule has 0 amide bonds. The van der Waals surface area contributed by atoms with Crippen LogP contribution in [0.25, 0.3) is 0 Å². The van der Waals surface area contributed by atoms with Crippen LogP contribution in [0.3, 0.4) is 0 Å². The van der Waals surface area contributed by atoms with Gasteiger partial charge in [-0.15, -0.1) is 34.2 Å². The van der Waals surface area contributed by atoms with Gasteiger partial charge >= 0.3 is 0 Å². The van der Waals surface area contributed by atoms with Crippen molar-refractivity contribution in [2.45, 2.75) is 38.8 Å². The fourth-order valence-corrected chi connectivity index (χ4v) is 4.06. The Bertz CT molecular complexity index is 830. The summed E-state index contributed by atoms with van der Waals surface area (Å²) in [5, 5.41) is 22.3. The molecular formula is C20H30IN7O. The van der Waals surface area contributed by atoms with Gasteiger partial charge in [0, 0.05) is 46.2 Å². The molecule has 1 fully saturated rings. The summed E-state index contributed by atoms with van der Waals surface area (Å²) in [5.74, 6) is 3.33. The van der Waals surface area contributed by atoms with Gasteiger partial charge in [0.2, 0.25) is 0 Å². The first kappa shape index (κ1) is 21.7. The van der Waals surface area contributed by atoms with Crippen molar-refractivity contribution in [3.63, 3.8) is 0 Å². The van der Waals surface area contributed by atoms with Crippen molar-refractivity contribution >= 4 is 35.6 Å². The molecule has 3 heterocycles. The fourth-order valence-electron chi connectivity index (χ4n) is 4.06. The second-order valence-electron chi connectivity index (χ2n) is 7.36. The molecule has 8 nitrogen and oxygen atoms in total. The number of fused-ring (bicyclic) bond motifs is 1.